The van der Waals surface area contributed by atoms with Gasteiger partial charge in [0.25, 0.3) is 11.6 Å². The van der Waals surface area contributed by atoms with Gasteiger partial charge in [0.15, 0.2) is 0 Å². The van der Waals surface area contributed by atoms with E-state index in [4.69, 9.17) is 11.6 Å². The Balaban J connectivity index is 1.72. The molecular formula is C22H19ClN2O3. The molecule has 3 aromatic rings. The van der Waals surface area contributed by atoms with Gasteiger partial charge in [0.05, 0.1) is 15.5 Å². The third-order valence-corrected chi connectivity index (χ3v) is 4.86. The van der Waals surface area contributed by atoms with Crippen molar-refractivity contribution in [2.24, 2.45) is 0 Å². The number of nitrogens with zero attached hydrogens (tertiary/aromatic N) is 1. The SMILES string of the molecule is O=C(NCCC(c1ccccc1)c1ccccc1)c1cc([N+](=O)[O-])ccc1Cl. The molecule has 0 atom stereocenters. The number of benzene rings is 3. The lowest BCUT2D eigenvalue weighted by Gasteiger charge is -2.18. The second kappa shape index (κ2) is 9.15. The number of nitro benzene ring substituents is 1. The van der Waals surface area contributed by atoms with E-state index < -0.39 is 10.8 Å². The van der Waals surface area contributed by atoms with Crippen LogP contribution in [0.15, 0.2) is 78.9 Å². The number of non-ortho nitro benzene ring substituents is 1. The van der Waals surface area contributed by atoms with E-state index in [1.54, 1.807) is 0 Å². The lowest BCUT2D eigenvalue weighted by Crippen LogP contribution is -2.26. The number of nitrogens with one attached hydrogen (secondary N) is 1. The molecule has 6 heteroatoms. The van der Waals surface area contributed by atoms with Crippen molar-refractivity contribution in [3.8, 4) is 0 Å². The summed E-state index contributed by atoms with van der Waals surface area (Å²) in [5.74, 6) is -0.295. The first kappa shape index (κ1) is 19.6. The predicted molar refractivity (Wildman–Crippen MR) is 110 cm³/mol. The standard InChI is InChI=1S/C22H19ClN2O3/c23-21-12-11-18(25(27)28)15-20(21)22(26)24-14-13-19(16-7-3-1-4-8-16)17-9-5-2-6-10-17/h1-12,15,19H,13-14H2,(H,24,26). The van der Waals surface area contributed by atoms with Crippen molar-refractivity contribution in [3.05, 3.63) is 111 Å². The van der Waals surface area contributed by atoms with E-state index in [1.807, 2.05) is 36.4 Å². The summed E-state index contributed by atoms with van der Waals surface area (Å²) in [6, 6.07) is 24.0. The topological polar surface area (TPSA) is 72.2 Å². The third-order valence-electron chi connectivity index (χ3n) is 4.53. The first-order valence-electron chi connectivity index (χ1n) is 8.88. The van der Waals surface area contributed by atoms with E-state index in [-0.39, 0.29) is 22.2 Å². The molecular weight excluding hydrogens is 376 g/mol. The Morgan fingerprint density at radius 2 is 1.54 bits per heavy atom. The van der Waals surface area contributed by atoms with Gasteiger partial charge in [0.1, 0.15) is 0 Å². The largest absolute Gasteiger partial charge is 0.352 e. The number of amides is 1. The molecule has 0 heterocycles. The third kappa shape index (κ3) is 4.75. The highest BCUT2D eigenvalue weighted by Crippen LogP contribution is 2.27. The van der Waals surface area contributed by atoms with Gasteiger partial charge in [-0.15, -0.1) is 0 Å². The normalized spacial score (nSPS) is 10.6. The zero-order valence-electron chi connectivity index (χ0n) is 15.0. The maximum atomic E-state index is 12.5. The summed E-state index contributed by atoms with van der Waals surface area (Å²) in [6.45, 7) is 0.409. The number of hydrogen-bond acceptors (Lipinski definition) is 3. The van der Waals surface area contributed by atoms with E-state index >= 15 is 0 Å². The monoisotopic (exact) mass is 394 g/mol. The molecule has 0 aliphatic heterocycles. The molecule has 1 N–H and O–H groups in total. The van der Waals surface area contributed by atoms with Crippen molar-refractivity contribution in [3.63, 3.8) is 0 Å². The highest BCUT2D eigenvalue weighted by molar-refractivity contribution is 6.33. The molecule has 0 spiro atoms. The van der Waals surface area contributed by atoms with Gasteiger partial charge in [-0.05, 0) is 23.6 Å². The molecule has 0 aromatic heterocycles. The Labute approximate surface area is 168 Å². The molecule has 142 valence electrons. The van der Waals surface area contributed by atoms with Gasteiger partial charge >= 0.3 is 0 Å². The van der Waals surface area contributed by atoms with Crippen LogP contribution in [0.2, 0.25) is 5.02 Å². The van der Waals surface area contributed by atoms with Crippen LogP contribution in [0.5, 0.6) is 0 Å². The van der Waals surface area contributed by atoms with Gasteiger partial charge in [-0.2, -0.15) is 0 Å². The zero-order valence-corrected chi connectivity index (χ0v) is 15.8. The van der Waals surface area contributed by atoms with Crippen molar-refractivity contribution >= 4 is 23.2 Å². The maximum absolute atomic E-state index is 12.5. The summed E-state index contributed by atoms with van der Waals surface area (Å²) in [6.07, 6.45) is 0.687. The van der Waals surface area contributed by atoms with Crippen LogP contribution < -0.4 is 5.32 Å². The highest BCUT2D eigenvalue weighted by Gasteiger charge is 2.17. The summed E-state index contributed by atoms with van der Waals surface area (Å²) < 4.78 is 0. The maximum Gasteiger partial charge on any atom is 0.270 e. The summed E-state index contributed by atoms with van der Waals surface area (Å²) >= 11 is 6.05. The van der Waals surface area contributed by atoms with Crippen molar-refractivity contribution in [2.45, 2.75) is 12.3 Å². The second-order valence-electron chi connectivity index (χ2n) is 6.34. The average Bonchev–Trinajstić information content (AvgIpc) is 2.72. The van der Waals surface area contributed by atoms with Crippen molar-refractivity contribution in [1.82, 2.24) is 5.32 Å². The predicted octanol–water partition coefficient (Wildman–Crippen LogP) is 5.20. The Kier molecular flexibility index (Phi) is 6.40. The van der Waals surface area contributed by atoms with Gasteiger partial charge in [-0.1, -0.05) is 72.3 Å². The van der Waals surface area contributed by atoms with Crippen molar-refractivity contribution < 1.29 is 9.72 Å². The number of rotatable bonds is 7. The fourth-order valence-corrected chi connectivity index (χ4v) is 3.33. The first-order valence-corrected chi connectivity index (χ1v) is 9.26. The fourth-order valence-electron chi connectivity index (χ4n) is 3.12. The molecule has 0 radical (unpaired) electrons. The van der Waals surface area contributed by atoms with Crippen molar-refractivity contribution in [1.29, 1.82) is 0 Å². The summed E-state index contributed by atoms with van der Waals surface area (Å²) in [7, 11) is 0. The molecule has 0 saturated carbocycles. The average molecular weight is 395 g/mol. The van der Waals surface area contributed by atoms with Crippen LogP contribution in [0.4, 0.5) is 5.69 Å². The highest BCUT2D eigenvalue weighted by atomic mass is 35.5. The van der Waals surface area contributed by atoms with E-state index in [9.17, 15) is 14.9 Å². The second-order valence-corrected chi connectivity index (χ2v) is 6.75. The van der Waals surface area contributed by atoms with E-state index in [1.165, 1.54) is 18.2 Å². The van der Waals surface area contributed by atoms with E-state index in [0.29, 0.717) is 13.0 Å². The molecule has 0 fully saturated rings. The van der Waals surface area contributed by atoms with Gasteiger partial charge in [-0.25, -0.2) is 0 Å². The summed E-state index contributed by atoms with van der Waals surface area (Å²) in [5.41, 5.74) is 2.26. The van der Waals surface area contributed by atoms with Crippen LogP contribution in [0.25, 0.3) is 0 Å². The van der Waals surface area contributed by atoms with Crippen LogP contribution >= 0.6 is 11.6 Å². The molecule has 3 rings (SSSR count). The molecule has 0 bridgehead atoms. The van der Waals surface area contributed by atoms with Crippen LogP contribution in [0, 0.1) is 10.1 Å². The van der Waals surface area contributed by atoms with Crippen molar-refractivity contribution in [2.75, 3.05) is 6.54 Å². The van der Waals surface area contributed by atoms with Crippen LogP contribution in [0.3, 0.4) is 0 Å². The van der Waals surface area contributed by atoms with Crippen LogP contribution in [-0.4, -0.2) is 17.4 Å². The Hall–Kier alpha value is -3.18. The minimum Gasteiger partial charge on any atom is -0.352 e. The molecule has 0 unspecified atom stereocenters. The van der Waals surface area contributed by atoms with Gasteiger partial charge in [0.2, 0.25) is 0 Å². The lowest BCUT2D eigenvalue weighted by atomic mass is 9.88. The van der Waals surface area contributed by atoms with E-state index in [2.05, 4.69) is 29.6 Å². The zero-order chi connectivity index (χ0) is 19.9. The number of carbonyl (C=O) groups is 1. The number of nitro groups is 1. The summed E-state index contributed by atoms with van der Waals surface area (Å²) in [4.78, 5) is 22.9. The van der Waals surface area contributed by atoms with Crippen LogP contribution in [0.1, 0.15) is 33.8 Å². The van der Waals surface area contributed by atoms with Gasteiger partial charge in [-0.3, -0.25) is 14.9 Å². The Morgan fingerprint density at radius 3 is 2.07 bits per heavy atom. The molecule has 3 aromatic carbocycles. The molecule has 5 nitrogen and oxygen atoms in total. The van der Waals surface area contributed by atoms with Crippen LogP contribution in [-0.2, 0) is 0 Å². The van der Waals surface area contributed by atoms with Gasteiger partial charge < -0.3 is 5.32 Å². The van der Waals surface area contributed by atoms with E-state index in [0.717, 1.165) is 11.1 Å². The lowest BCUT2D eigenvalue weighted by molar-refractivity contribution is -0.384. The molecule has 0 aliphatic rings. The van der Waals surface area contributed by atoms with Gasteiger partial charge in [0, 0.05) is 24.6 Å². The molecule has 1 amide bonds. The summed E-state index contributed by atoms with van der Waals surface area (Å²) in [5, 5.41) is 14.0. The molecule has 28 heavy (non-hydrogen) atoms. The molecule has 0 aliphatic carbocycles. The Bertz CT molecular complexity index is 923. The number of carbonyl (C=O) groups excluding carboxylic acids is 1. The minimum absolute atomic E-state index is 0.104. The Morgan fingerprint density at radius 1 is 0.964 bits per heavy atom. The quantitative estimate of drug-likeness (QED) is 0.442. The molecule has 0 saturated heterocycles. The fraction of sp³-hybridized carbons (Fsp3) is 0.136. The first-order chi connectivity index (χ1) is 13.6. The number of hydrogen-bond donors (Lipinski definition) is 1. The number of halogens is 1. The smallest absolute Gasteiger partial charge is 0.270 e. The minimum atomic E-state index is -0.548.